The Labute approximate surface area is 134 Å². The van der Waals surface area contributed by atoms with Crippen LogP contribution in [0.3, 0.4) is 0 Å². The highest BCUT2D eigenvalue weighted by Crippen LogP contribution is 2.49. The second-order valence-corrected chi connectivity index (χ2v) is 7.18. The molecule has 0 bridgehead atoms. The van der Waals surface area contributed by atoms with Crippen molar-refractivity contribution in [3.63, 3.8) is 0 Å². The molecule has 1 aromatic carbocycles. The van der Waals surface area contributed by atoms with Crippen molar-refractivity contribution in [2.24, 2.45) is 5.92 Å². The summed E-state index contributed by atoms with van der Waals surface area (Å²) in [6, 6.07) is 2.71. The second-order valence-electron chi connectivity index (χ2n) is 7.18. The van der Waals surface area contributed by atoms with Gasteiger partial charge in [0, 0.05) is 17.9 Å². The zero-order valence-corrected chi connectivity index (χ0v) is 13.2. The summed E-state index contributed by atoms with van der Waals surface area (Å²) in [5, 5.41) is 39.6. The summed E-state index contributed by atoms with van der Waals surface area (Å²) in [6.45, 7) is 3.49. The van der Waals surface area contributed by atoms with Crippen molar-refractivity contribution in [1.82, 2.24) is 0 Å². The number of ether oxygens (including phenoxy) is 1. The lowest BCUT2D eigenvalue weighted by Crippen LogP contribution is -2.51. The minimum Gasteiger partial charge on any atom is -0.508 e. The number of fused-ring (bicyclic) bond motifs is 1. The molecule has 1 aliphatic heterocycles. The normalized spacial score (nSPS) is 36.3. The van der Waals surface area contributed by atoms with Gasteiger partial charge >= 0.3 is 5.97 Å². The number of hydrogen-bond acceptors (Lipinski definition) is 5. The van der Waals surface area contributed by atoms with Crippen LogP contribution in [0.25, 0.3) is 0 Å². The van der Waals surface area contributed by atoms with Crippen LogP contribution >= 0.6 is 0 Å². The van der Waals surface area contributed by atoms with Crippen molar-refractivity contribution >= 4 is 5.97 Å². The van der Waals surface area contributed by atoms with Gasteiger partial charge in [-0.2, -0.15) is 0 Å². The van der Waals surface area contributed by atoms with Crippen LogP contribution in [0.1, 0.15) is 49.0 Å². The van der Waals surface area contributed by atoms with Crippen LogP contribution in [0.2, 0.25) is 0 Å². The summed E-state index contributed by atoms with van der Waals surface area (Å²) >= 11 is 0. The molecule has 1 unspecified atom stereocenters. The molecule has 0 aromatic heterocycles. The van der Waals surface area contributed by atoms with Gasteiger partial charge in [0.1, 0.15) is 22.7 Å². The highest BCUT2D eigenvalue weighted by molar-refractivity contribution is 5.92. The fraction of sp³-hybridized carbons (Fsp3) is 0.588. The summed E-state index contributed by atoms with van der Waals surface area (Å²) in [7, 11) is 0. The molecule has 0 amide bonds. The molecule has 6 heteroatoms. The molecule has 0 spiro atoms. The van der Waals surface area contributed by atoms with Gasteiger partial charge in [-0.15, -0.1) is 0 Å². The highest BCUT2D eigenvalue weighted by Gasteiger charge is 2.49. The van der Waals surface area contributed by atoms with E-state index in [9.17, 15) is 25.2 Å². The van der Waals surface area contributed by atoms with Gasteiger partial charge in [0.25, 0.3) is 0 Å². The van der Waals surface area contributed by atoms with E-state index in [-0.39, 0.29) is 23.0 Å². The van der Waals surface area contributed by atoms with Crippen LogP contribution < -0.4 is 4.74 Å². The Morgan fingerprint density at radius 3 is 2.65 bits per heavy atom. The van der Waals surface area contributed by atoms with Gasteiger partial charge < -0.3 is 25.2 Å². The van der Waals surface area contributed by atoms with Gasteiger partial charge in [0.2, 0.25) is 0 Å². The lowest BCUT2D eigenvalue weighted by Gasteiger charge is -2.43. The predicted octanol–water partition coefficient (Wildman–Crippen LogP) is 1.70. The molecule has 0 saturated heterocycles. The average Bonchev–Trinajstić information content (AvgIpc) is 2.81. The summed E-state index contributed by atoms with van der Waals surface area (Å²) in [5.41, 5.74) is -1.28. The Morgan fingerprint density at radius 1 is 1.35 bits per heavy atom. The van der Waals surface area contributed by atoms with E-state index in [4.69, 9.17) is 4.74 Å². The number of carboxylic acids is 1. The number of phenolic OH excluding ortho intramolecular Hbond substituents is 1. The fourth-order valence-electron chi connectivity index (χ4n) is 3.75. The van der Waals surface area contributed by atoms with Gasteiger partial charge in [-0.05, 0) is 45.2 Å². The molecule has 4 atom stereocenters. The van der Waals surface area contributed by atoms with Crippen LogP contribution in [-0.4, -0.2) is 43.7 Å². The number of benzene rings is 1. The molecule has 1 saturated carbocycles. The van der Waals surface area contributed by atoms with E-state index >= 15 is 0 Å². The van der Waals surface area contributed by atoms with Gasteiger partial charge in [0.15, 0.2) is 0 Å². The first-order valence-corrected chi connectivity index (χ1v) is 7.81. The molecule has 0 radical (unpaired) electrons. The smallest absolute Gasteiger partial charge is 0.339 e. The molecule has 4 N–H and O–H groups in total. The minimum absolute atomic E-state index is 0.0251. The number of aromatic hydroxyl groups is 1. The van der Waals surface area contributed by atoms with Crippen LogP contribution in [0.4, 0.5) is 0 Å². The topological polar surface area (TPSA) is 107 Å². The first-order chi connectivity index (χ1) is 10.6. The number of phenols is 1. The van der Waals surface area contributed by atoms with E-state index in [0.29, 0.717) is 31.2 Å². The lowest BCUT2D eigenvalue weighted by molar-refractivity contribution is -0.121. The summed E-state index contributed by atoms with van der Waals surface area (Å²) in [5.74, 6) is -0.896. The zero-order valence-electron chi connectivity index (χ0n) is 13.2. The SMILES string of the molecule is CC1([C@@H]2CC[C@](C)(O)[C@H](O)C2)Cc2c(O)ccc(C(=O)O)c2O1. The quantitative estimate of drug-likeness (QED) is 0.660. The third-order valence-electron chi connectivity index (χ3n) is 5.42. The number of aliphatic hydroxyl groups excluding tert-OH is 1. The molecule has 126 valence electrons. The summed E-state index contributed by atoms with van der Waals surface area (Å²) < 4.78 is 5.99. The van der Waals surface area contributed by atoms with Crippen LogP contribution in [0.15, 0.2) is 12.1 Å². The molecule has 6 nitrogen and oxygen atoms in total. The average molecular weight is 322 g/mol. The van der Waals surface area contributed by atoms with Gasteiger partial charge in [0.05, 0.1) is 11.7 Å². The van der Waals surface area contributed by atoms with E-state index in [1.54, 1.807) is 6.92 Å². The van der Waals surface area contributed by atoms with Crippen LogP contribution in [0, 0.1) is 5.92 Å². The molecular weight excluding hydrogens is 300 g/mol. The van der Waals surface area contributed by atoms with Crippen molar-refractivity contribution < 1.29 is 30.0 Å². The summed E-state index contributed by atoms with van der Waals surface area (Å²) in [4.78, 5) is 11.4. The van der Waals surface area contributed by atoms with Crippen molar-refractivity contribution in [2.75, 3.05) is 0 Å². The number of carboxylic acid groups (broad SMARTS) is 1. The monoisotopic (exact) mass is 322 g/mol. The van der Waals surface area contributed by atoms with Gasteiger partial charge in [-0.1, -0.05) is 0 Å². The maximum absolute atomic E-state index is 11.4. The van der Waals surface area contributed by atoms with Gasteiger partial charge in [-0.3, -0.25) is 0 Å². The Hall–Kier alpha value is -1.79. The van der Waals surface area contributed by atoms with Crippen molar-refractivity contribution in [2.45, 2.75) is 56.8 Å². The van der Waals surface area contributed by atoms with Crippen LogP contribution in [0.5, 0.6) is 11.5 Å². The number of hydrogen-bond donors (Lipinski definition) is 4. The lowest BCUT2D eigenvalue weighted by atomic mass is 9.70. The van der Waals surface area contributed by atoms with Crippen molar-refractivity contribution in [1.29, 1.82) is 0 Å². The Morgan fingerprint density at radius 2 is 2.04 bits per heavy atom. The maximum Gasteiger partial charge on any atom is 0.339 e. The molecule has 1 heterocycles. The molecule has 23 heavy (non-hydrogen) atoms. The first-order valence-electron chi connectivity index (χ1n) is 7.81. The molecule has 1 aliphatic carbocycles. The highest BCUT2D eigenvalue weighted by atomic mass is 16.5. The van der Waals surface area contributed by atoms with E-state index in [0.717, 1.165) is 0 Å². The second kappa shape index (κ2) is 5.11. The first kappa shape index (κ1) is 16.1. The fourth-order valence-corrected chi connectivity index (χ4v) is 3.75. The Kier molecular flexibility index (Phi) is 3.57. The number of aliphatic hydroxyl groups is 2. The van der Waals surface area contributed by atoms with E-state index in [1.807, 2.05) is 6.92 Å². The Bertz CT molecular complexity index is 653. The molecule has 3 rings (SSSR count). The standard InChI is InChI=1S/C17H22O6/c1-16(22)6-5-9(7-13(16)19)17(2)8-11-12(18)4-3-10(15(20)21)14(11)23-17/h3-4,9,13,18-19,22H,5-8H2,1-2H3,(H,20,21)/t9-,13-,16+,17?/m1/s1. The number of aromatic carboxylic acids is 1. The number of carbonyl (C=O) groups is 1. The molecule has 1 fully saturated rings. The maximum atomic E-state index is 11.4. The van der Waals surface area contributed by atoms with Crippen LogP contribution in [-0.2, 0) is 6.42 Å². The van der Waals surface area contributed by atoms with E-state index in [1.165, 1.54) is 12.1 Å². The molecular formula is C17H22O6. The summed E-state index contributed by atoms with van der Waals surface area (Å²) in [6.07, 6.45) is 1.02. The largest absolute Gasteiger partial charge is 0.508 e. The molecule has 2 aliphatic rings. The Balaban J connectivity index is 1.90. The third-order valence-corrected chi connectivity index (χ3v) is 5.42. The third kappa shape index (κ3) is 2.56. The number of rotatable bonds is 2. The minimum atomic E-state index is -1.10. The zero-order chi connectivity index (χ0) is 17.0. The van der Waals surface area contributed by atoms with E-state index in [2.05, 4.69) is 0 Å². The van der Waals surface area contributed by atoms with Crippen molar-refractivity contribution in [3.8, 4) is 11.5 Å². The van der Waals surface area contributed by atoms with Crippen molar-refractivity contribution in [3.05, 3.63) is 23.3 Å². The van der Waals surface area contributed by atoms with Gasteiger partial charge in [-0.25, -0.2) is 4.79 Å². The predicted molar refractivity (Wildman–Crippen MR) is 81.8 cm³/mol. The van der Waals surface area contributed by atoms with E-state index < -0.39 is 23.3 Å². The molecule has 1 aromatic rings.